The van der Waals surface area contributed by atoms with Gasteiger partial charge in [-0.2, -0.15) is 18.3 Å². The summed E-state index contributed by atoms with van der Waals surface area (Å²) >= 11 is 0. The van der Waals surface area contributed by atoms with E-state index in [0.29, 0.717) is 41.3 Å². The predicted octanol–water partition coefficient (Wildman–Crippen LogP) is 5.02. The quantitative estimate of drug-likeness (QED) is 0.311. The monoisotopic (exact) mass is 519 g/mol. The maximum absolute atomic E-state index is 15.0. The normalized spacial score (nSPS) is 11.8. The van der Waals surface area contributed by atoms with E-state index in [4.69, 9.17) is 5.73 Å². The second-order valence-corrected chi connectivity index (χ2v) is 8.47. The van der Waals surface area contributed by atoms with Crippen LogP contribution in [-0.4, -0.2) is 46.2 Å². The molecule has 0 aliphatic heterocycles. The largest absolute Gasteiger partial charge is 0.416 e. The summed E-state index contributed by atoms with van der Waals surface area (Å²) in [7, 11) is 3.86. The van der Waals surface area contributed by atoms with Crippen LogP contribution in [0.25, 0.3) is 16.6 Å². The van der Waals surface area contributed by atoms with Gasteiger partial charge >= 0.3 is 12.2 Å². The number of aromatic nitrogens is 3. The van der Waals surface area contributed by atoms with Gasteiger partial charge in [-0.15, -0.1) is 0 Å². The second-order valence-electron chi connectivity index (χ2n) is 8.47. The van der Waals surface area contributed by atoms with Crippen LogP contribution in [0.2, 0.25) is 0 Å². The van der Waals surface area contributed by atoms with Crippen molar-refractivity contribution < 1.29 is 26.7 Å². The van der Waals surface area contributed by atoms with E-state index in [-0.39, 0.29) is 11.5 Å². The molecule has 0 aliphatic carbocycles. The molecule has 2 heterocycles. The van der Waals surface area contributed by atoms with Crippen LogP contribution in [0.1, 0.15) is 11.3 Å². The zero-order chi connectivity index (χ0) is 26.9. The lowest BCUT2D eigenvalue weighted by Gasteiger charge is -2.12. The summed E-state index contributed by atoms with van der Waals surface area (Å²) in [5.41, 5.74) is 6.30. The summed E-state index contributed by atoms with van der Waals surface area (Å²) in [4.78, 5) is 18.3. The Morgan fingerprint density at radius 3 is 2.43 bits per heavy atom. The van der Waals surface area contributed by atoms with Crippen molar-refractivity contribution in [3.05, 3.63) is 71.7 Å². The summed E-state index contributed by atoms with van der Waals surface area (Å²) in [5.74, 6) is -1.71. The molecule has 4 N–H and O–H groups in total. The highest BCUT2D eigenvalue weighted by molar-refractivity contribution is 6.00. The number of halogens is 5. The minimum absolute atomic E-state index is 0.200. The summed E-state index contributed by atoms with van der Waals surface area (Å²) < 4.78 is 69.2. The Hall–Kier alpha value is -4.26. The fraction of sp³-hybridized carbons (Fsp3) is 0.208. The van der Waals surface area contributed by atoms with E-state index in [1.54, 1.807) is 4.52 Å². The van der Waals surface area contributed by atoms with Gasteiger partial charge in [0.1, 0.15) is 23.5 Å². The number of rotatable bonds is 6. The highest BCUT2D eigenvalue weighted by Gasteiger charge is 2.31. The van der Waals surface area contributed by atoms with Crippen LogP contribution >= 0.6 is 0 Å². The molecule has 0 aliphatic rings. The number of nitrogen functional groups attached to an aromatic ring is 1. The lowest BCUT2D eigenvalue weighted by molar-refractivity contribution is -0.137. The van der Waals surface area contributed by atoms with Gasteiger partial charge < -0.3 is 21.3 Å². The molecule has 37 heavy (non-hydrogen) atoms. The topological polar surface area (TPSA) is 101 Å². The first kappa shape index (κ1) is 25.8. The summed E-state index contributed by atoms with van der Waals surface area (Å²) in [6.07, 6.45) is -2.77. The molecule has 0 atom stereocenters. The molecule has 8 nitrogen and oxygen atoms in total. The van der Waals surface area contributed by atoms with Crippen molar-refractivity contribution in [3.8, 4) is 11.1 Å². The van der Waals surface area contributed by atoms with E-state index >= 15 is 0 Å². The molecular formula is C24H22F5N7O. The SMILES string of the molecule is CN(C)CCc1cc(-c2ccc(NC(=O)Nc3cc(C(F)(F)F)ccc3F)c(F)c2)c2c(N)ncnn12. The molecule has 4 aromatic rings. The van der Waals surface area contributed by atoms with Crippen molar-refractivity contribution in [3.63, 3.8) is 0 Å². The third kappa shape index (κ3) is 5.61. The number of hydrogen-bond donors (Lipinski definition) is 3. The van der Waals surface area contributed by atoms with Crippen molar-refractivity contribution in [1.82, 2.24) is 19.5 Å². The first-order valence-electron chi connectivity index (χ1n) is 10.9. The van der Waals surface area contributed by atoms with Gasteiger partial charge in [-0.25, -0.2) is 23.1 Å². The van der Waals surface area contributed by atoms with Gasteiger partial charge in [0.2, 0.25) is 0 Å². The van der Waals surface area contributed by atoms with Crippen molar-refractivity contribution in [2.24, 2.45) is 0 Å². The van der Waals surface area contributed by atoms with Crippen molar-refractivity contribution in [1.29, 1.82) is 0 Å². The molecule has 0 spiro atoms. The average molecular weight is 519 g/mol. The van der Waals surface area contributed by atoms with E-state index in [1.165, 1.54) is 18.5 Å². The molecule has 2 amide bonds. The minimum Gasteiger partial charge on any atom is -0.382 e. The van der Waals surface area contributed by atoms with E-state index in [2.05, 4.69) is 15.4 Å². The molecule has 2 aromatic heterocycles. The number of fused-ring (bicyclic) bond motifs is 1. The van der Waals surface area contributed by atoms with E-state index in [1.807, 2.05) is 30.4 Å². The Morgan fingerprint density at radius 1 is 1.03 bits per heavy atom. The predicted molar refractivity (Wildman–Crippen MR) is 129 cm³/mol. The van der Waals surface area contributed by atoms with Gasteiger partial charge in [-0.1, -0.05) is 6.07 Å². The maximum Gasteiger partial charge on any atom is 0.416 e. The molecule has 0 unspecified atom stereocenters. The number of amides is 2. The number of nitrogens with zero attached hydrogens (tertiary/aromatic N) is 4. The Balaban J connectivity index is 1.59. The van der Waals surface area contributed by atoms with Crippen molar-refractivity contribution in [2.45, 2.75) is 12.6 Å². The van der Waals surface area contributed by atoms with Gasteiger partial charge in [-0.3, -0.25) is 0 Å². The maximum atomic E-state index is 15.0. The van der Waals surface area contributed by atoms with E-state index < -0.39 is 35.1 Å². The number of alkyl halides is 3. The molecule has 0 fully saturated rings. The zero-order valence-electron chi connectivity index (χ0n) is 19.7. The molecule has 4 rings (SSSR count). The standard InChI is InChI=1S/C24H22F5N7O/c1-35(2)8-7-15-11-16(21-22(30)31-12-32-36(15)21)13-3-6-19(18(26)9-13)33-23(37)34-20-10-14(24(27,28)29)4-5-17(20)25/h3-6,9-12H,7-8H2,1-2H3,(H2,30,31,32)(H2,33,34,37). The number of likely N-dealkylation sites (N-methyl/N-ethyl adjacent to an activating group) is 1. The Morgan fingerprint density at radius 2 is 1.76 bits per heavy atom. The van der Waals surface area contributed by atoms with Crippen LogP contribution in [0.3, 0.4) is 0 Å². The third-order valence-corrected chi connectivity index (χ3v) is 5.54. The van der Waals surface area contributed by atoms with Gasteiger partial charge in [0.15, 0.2) is 5.82 Å². The van der Waals surface area contributed by atoms with Gasteiger partial charge in [-0.05, 0) is 56.1 Å². The van der Waals surface area contributed by atoms with Crippen LogP contribution in [0.15, 0.2) is 48.8 Å². The molecule has 2 aromatic carbocycles. The van der Waals surface area contributed by atoms with Crippen LogP contribution < -0.4 is 16.4 Å². The van der Waals surface area contributed by atoms with E-state index in [0.717, 1.165) is 18.3 Å². The third-order valence-electron chi connectivity index (χ3n) is 5.54. The van der Waals surface area contributed by atoms with Gasteiger partial charge in [0.05, 0.1) is 16.9 Å². The Labute approximate surface area is 207 Å². The molecule has 0 radical (unpaired) electrons. The van der Waals surface area contributed by atoms with Crippen LogP contribution in [0.4, 0.5) is 43.9 Å². The van der Waals surface area contributed by atoms with Crippen molar-refractivity contribution >= 4 is 28.7 Å². The average Bonchev–Trinajstić information content (AvgIpc) is 3.20. The fourth-order valence-electron chi connectivity index (χ4n) is 3.73. The molecule has 0 saturated carbocycles. The van der Waals surface area contributed by atoms with Gasteiger partial charge in [0.25, 0.3) is 0 Å². The molecule has 0 bridgehead atoms. The lowest BCUT2D eigenvalue weighted by atomic mass is 10.1. The van der Waals surface area contributed by atoms with Crippen LogP contribution in [-0.2, 0) is 12.6 Å². The first-order chi connectivity index (χ1) is 17.4. The number of nitrogens with one attached hydrogen (secondary N) is 2. The van der Waals surface area contributed by atoms with Crippen molar-refractivity contribution in [2.75, 3.05) is 37.0 Å². The minimum atomic E-state index is -4.73. The van der Waals surface area contributed by atoms with Crippen LogP contribution in [0, 0.1) is 11.6 Å². The number of urea groups is 1. The van der Waals surface area contributed by atoms with Crippen LogP contribution in [0.5, 0.6) is 0 Å². The molecule has 13 heteroatoms. The molecule has 0 saturated heterocycles. The number of hydrogen-bond acceptors (Lipinski definition) is 5. The van der Waals surface area contributed by atoms with Gasteiger partial charge in [0, 0.05) is 24.2 Å². The number of benzene rings is 2. The number of carbonyl (C=O) groups excluding carboxylic acids is 1. The smallest absolute Gasteiger partial charge is 0.382 e. The zero-order valence-corrected chi connectivity index (χ0v) is 19.7. The number of carbonyl (C=O) groups is 1. The fourth-order valence-corrected chi connectivity index (χ4v) is 3.73. The summed E-state index contributed by atoms with van der Waals surface area (Å²) in [5, 5.41) is 8.41. The summed E-state index contributed by atoms with van der Waals surface area (Å²) in [6, 6.07) is 6.25. The molecular weight excluding hydrogens is 497 g/mol. The highest BCUT2D eigenvalue weighted by Crippen LogP contribution is 2.33. The Kier molecular flexibility index (Phi) is 6.99. The second kappa shape index (κ2) is 10.0. The highest BCUT2D eigenvalue weighted by atomic mass is 19.4. The number of nitrogens with two attached hydrogens (primary N) is 1. The van der Waals surface area contributed by atoms with E-state index in [9.17, 15) is 26.7 Å². The summed E-state index contributed by atoms with van der Waals surface area (Å²) in [6.45, 7) is 0.730. The lowest BCUT2D eigenvalue weighted by Crippen LogP contribution is -2.21. The molecule has 194 valence electrons. The Bertz CT molecular complexity index is 1470. The number of anilines is 3. The first-order valence-corrected chi connectivity index (χ1v) is 10.9.